The van der Waals surface area contributed by atoms with Crippen molar-refractivity contribution in [2.24, 2.45) is 0 Å². The molecule has 0 amide bonds. The molecule has 1 aliphatic heterocycles. The number of rotatable bonds is 5. The predicted octanol–water partition coefficient (Wildman–Crippen LogP) is 2.67. The molecule has 100 valence electrons. The van der Waals surface area contributed by atoms with Gasteiger partial charge in [-0.15, -0.1) is 0 Å². The van der Waals surface area contributed by atoms with Gasteiger partial charge in [-0.2, -0.15) is 0 Å². The first-order valence-electron chi connectivity index (χ1n) is 7.12. The lowest BCUT2D eigenvalue weighted by Gasteiger charge is -2.34. The van der Waals surface area contributed by atoms with Gasteiger partial charge in [-0.05, 0) is 32.7 Å². The molecule has 4 heteroatoms. The molecule has 2 heterocycles. The average molecular weight is 248 g/mol. The number of piperidine rings is 1. The fourth-order valence-electron chi connectivity index (χ4n) is 2.65. The van der Waals surface area contributed by atoms with Gasteiger partial charge in [0.2, 0.25) is 0 Å². The molecule has 0 aromatic carbocycles. The number of likely N-dealkylation sites (tertiary alicyclic amines) is 1. The number of aromatic nitrogens is 2. The van der Waals surface area contributed by atoms with Crippen LogP contribution in [-0.4, -0.2) is 34.0 Å². The maximum Gasteiger partial charge on any atom is 0.144 e. The standard InChI is InChI=1S/C14H24N4/c1-3-13-7-5-6-8-18(13)11-12-9-17-14(10-16-12)15-4-2/h9-10,13H,3-8,11H2,1-2H3,(H,15,17). The second-order valence-electron chi connectivity index (χ2n) is 4.95. The van der Waals surface area contributed by atoms with E-state index in [4.69, 9.17) is 0 Å². The molecular weight excluding hydrogens is 224 g/mol. The van der Waals surface area contributed by atoms with E-state index in [9.17, 15) is 0 Å². The Balaban J connectivity index is 1.95. The number of anilines is 1. The molecule has 0 radical (unpaired) electrons. The summed E-state index contributed by atoms with van der Waals surface area (Å²) in [6.07, 6.45) is 9.00. The second-order valence-corrected chi connectivity index (χ2v) is 4.95. The van der Waals surface area contributed by atoms with Gasteiger partial charge in [0.1, 0.15) is 5.82 Å². The van der Waals surface area contributed by atoms with E-state index in [1.54, 1.807) is 0 Å². The highest BCUT2D eigenvalue weighted by Crippen LogP contribution is 2.21. The summed E-state index contributed by atoms with van der Waals surface area (Å²) in [6, 6.07) is 0.731. The van der Waals surface area contributed by atoms with Crippen LogP contribution in [-0.2, 0) is 6.54 Å². The van der Waals surface area contributed by atoms with Crippen molar-refractivity contribution in [3.63, 3.8) is 0 Å². The Kier molecular flexibility index (Phi) is 4.93. The van der Waals surface area contributed by atoms with Crippen LogP contribution in [0.25, 0.3) is 0 Å². The zero-order valence-corrected chi connectivity index (χ0v) is 11.5. The van der Waals surface area contributed by atoms with Gasteiger partial charge in [0.25, 0.3) is 0 Å². The predicted molar refractivity (Wildman–Crippen MR) is 74.5 cm³/mol. The number of nitrogens with zero attached hydrogens (tertiary/aromatic N) is 3. The van der Waals surface area contributed by atoms with Crippen molar-refractivity contribution in [1.29, 1.82) is 0 Å². The minimum atomic E-state index is 0.731. The van der Waals surface area contributed by atoms with Crippen LogP contribution in [0.2, 0.25) is 0 Å². The van der Waals surface area contributed by atoms with Crippen molar-refractivity contribution in [3.05, 3.63) is 18.1 Å². The summed E-state index contributed by atoms with van der Waals surface area (Å²) in [4.78, 5) is 11.4. The molecule has 0 saturated carbocycles. The minimum absolute atomic E-state index is 0.731. The molecule has 4 nitrogen and oxygen atoms in total. The van der Waals surface area contributed by atoms with Crippen molar-refractivity contribution in [1.82, 2.24) is 14.9 Å². The van der Waals surface area contributed by atoms with E-state index in [2.05, 4.69) is 34.0 Å². The van der Waals surface area contributed by atoms with Crippen LogP contribution in [0.15, 0.2) is 12.4 Å². The van der Waals surface area contributed by atoms with Crippen molar-refractivity contribution in [3.8, 4) is 0 Å². The molecule has 0 aliphatic carbocycles. The SMILES string of the molecule is CCNc1cnc(CN2CCCCC2CC)cn1. The van der Waals surface area contributed by atoms with Crippen molar-refractivity contribution < 1.29 is 0 Å². The molecule has 1 saturated heterocycles. The van der Waals surface area contributed by atoms with E-state index in [1.807, 2.05) is 12.4 Å². The van der Waals surface area contributed by atoms with Gasteiger partial charge in [0.05, 0.1) is 18.1 Å². The van der Waals surface area contributed by atoms with Crippen LogP contribution in [0.3, 0.4) is 0 Å². The molecule has 1 atom stereocenters. The molecule has 2 rings (SSSR count). The van der Waals surface area contributed by atoms with Crippen LogP contribution in [0.5, 0.6) is 0 Å². The fraction of sp³-hybridized carbons (Fsp3) is 0.714. The van der Waals surface area contributed by atoms with E-state index in [-0.39, 0.29) is 0 Å². The van der Waals surface area contributed by atoms with Gasteiger partial charge in [-0.3, -0.25) is 9.88 Å². The lowest BCUT2D eigenvalue weighted by molar-refractivity contribution is 0.134. The Morgan fingerprint density at radius 3 is 2.83 bits per heavy atom. The summed E-state index contributed by atoms with van der Waals surface area (Å²) in [5.74, 6) is 0.868. The smallest absolute Gasteiger partial charge is 0.144 e. The van der Waals surface area contributed by atoms with E-state index in [0.717, 1.165) is 30.6 Å². The Hall–Kier alpha value is -1.16. The monoisotopic (exact) mass is 248 g/mol. The second kappa shape index (κ2) is 6.69. The fourth-order valence-corrected chi connectivity index (χ4v) is 2.65. The summed E-state index contributed by atoms with van der Waals surface area (Å²) in [5.41, 5.74) is 1.08. The lowest BCUT2D eigenvalue weighted by atomic mass is 10.00. The first kappa shape index (κ1) is 13.3. The quantitative estimate of drug-likeness (QED) is 0.870. The van der Waals surface area contributed by atoms with E-state index >= 15 is 0 Å². The van der Waals surface area contributed by atoms with Crippen molar-refractivity contribution in [2.75, 3.05) is 18.4 Å². The van der Waals surface area contributed by atoms with Crippen LogP contribution in [0.4, 0.5) is 5.82 Å². The summed E-state index contributed by atoms with van der Waals surface area (Å²) in [7, 11) is 0. The van der Waals surface area contributed by atoms with Crippen LogP contribution < -0.4 is 5.32 Å². The Morgan fingerprint density at radius 2 is 2.17 bits per heavy atom. The highest BCUT2D eigenvalue weighted by molar-refractivity contribution is 5.30. The summed E-state index contributed by atoms with van der Waals surface area (Å²) in [6.45, 7) is 7.38. The van der Waals surface area contributed by atoms with E-state index in [0.29, 0.717) is 0 Å². The third-order valence-corrected chi connectivity index (χ3v) is 3.65. The van der Waals surface area contributed by atoms with Gasteiger partial charge in [-0.25, -0.2) is 4.98 Å². The first-order valence-corrected chi connectivity index (χ1v) is 7.12. The average Bonchev–Trinajstić information content (AvgIpc) is 2.42. The maximum atomic E-state index is 4.49. The highest BCUT2D eigenvalue weighted by atomic mass is 15.2. The Labute approximate surface area is 110 Å². The Bertz CT molecular complexity index is 349. The maximum absolute atomic E-state index is 4.49. The number of hydrogen-bond donors (Lipinski definition) is 1. The largest absolute Gasteiger partial charge is 0.369 e. The van der Waals surface area contributed by atoms with Gasteiger partial charge < -0.3 is 5.32 Å². The van der Waals surface area contributed by atoms with Gasteiger partial charge in [0, 0.05) is 19.1 Å². The zero-order chi connectivity index (χ0) is 12.8. The third kappa shape index (κ3) is 3.42. The summed E-state index contributed by atoms with van der Waals surface area (Å²) >= 11 is 0. The molecule has 0 spiro atoms. The third-order valence-electron chi connectivity index (χ3n) is 3.65. The van der Waals surface area contributed by atoms with Crippen molar-refractivity contribution in [2.45, 2.75) is 52.1 Å². The van der Waals surface area contributed by atoms with Crippen LogP contribution in [0, 0.1) is 0 Å². The lowest BCUT2D eigenvalue weighted by Crippen LogP contribution is -2.38. The number of nitrogens with one attached hydrogen (secondary N) is 1. The van der Waals surface area contributed by atoms with Gasteiger partial charge >= 0.3 is 0 Å². The first-order chi connectivity index (χ1) is 8.83. The molecule has 1 aromatic heterocycles. The van der Waals surface area contributed by atoms with E-state index < -0.39 is 0 Å². The molecular formula is C14H24N4. The molecule has 1 fully saturated rings. The summed E-state index contributed by atoms with van der Waals surface area (Å²) < 4.78 is 0. The zero-order valence-electron chi connectivity index (χ0n) is 11.5. The van der Waals surface area contributed by atoms with E-state index in [1.165, 1.54) is 32.2 Å². The Morgan fingerprint density at radius 1 is 1.28 bits per heavy atom. The molecule has 1 N–H and O–H groups in total. The molecule has 0 bridgehead atoms. The molecule has 1 aromatic rings. The summed E-state index contributed by atoms with van der Waals surface area (Å²) in [5, 5.41) is 3.17. The number of hydrogen-bond acceptors (Lipinski definition) is 4. The normalized spacial score (nSPS) is 20.9. The molecule has 1 unspecified atom stereocenters. The minimum Gasteiger partial charge on any atom is -0.369 e. The van der Waals surface area contributed by atoms with Crippen LogP contribution >= 0.6 is 0 Å². The topological polar surface area (TPSA) is 41.1 Å². The van der Waals surface area contributed by atoms with Gasteiger partial charge in [0.15, 0.2) is 0 Å². The highest BCUT2D eigenvalue weighted by Gasteiger charge is 2.20. The van der Waals surface area contributed by atoms with Gasteiger partial charge in [-0.1, -0.05) is 13.3 Å². The molecule has 1 aliphatic rings. The molecule has 18 heavy (non-hydrogen) atoms. The van der Waals surface area contributed by atoms with Crippen LogP contribution in [0.1, 0.15) is 45.2 Å². The van der Waals surface area contributed by atoms with Crippen molar-refractivity contribution >= 4 is 5.82 Å².